The summed E-state index contributed by atoms with van der Waals surface area (Å²) in [6.45, 7) is 1.97. The number of rotatable bonds is 2. The summed E-state index contributed by atoms with van der Waals surface area (Å²) in [6.07, 6.45) is -3.63. The molecule has 1 heterocycles. The highest BCUT2D eigenvalue weighted by atomic mass is 32.2. The van der Waals surface area contributed by atoms with Crippen LogP contribution in [-0.2, 0) is 6.18 Å². The van der Waals surface area contributed by atoms with E-state index in [1.807, 2.05) is 6.92 Å². The number of nitrogens with one attached hydrogen (secondary N) is 1. The molecule has 1 aliphatic rings. The monoisotopic (exact) mass is 292 g/mol. The molecule has 0 saturated heterocycles. The van der Waals surface area contributed by atoms with Gasteiger partial charge in [0.05, 0.1) is 17.3 Å². The normalized spacial score (nSPS) is 19.4. The zero-order valence-electron chi connectivity index (χ0n) is 10.1. The molecule has 1 aliphatic heterocycles. The standard InChI is InChI=1S/C12H12F4N2S/c1-2-8-6-19-11(17-8)18-10-5-7(12(14,15)16)3-4-9(10)13/h3-5,8H,2,6H2,1H3,(H,17,18). The first-order chi connectivity index (χ1) is 8.90. The number of benzene rings is 1. The van der Waals surface area contributed by atoms with E-state index in [0.717, 1.165) is 30.4 Å². The van der Waals surface area contributed by atoms with Crippen LogP contribution in [0.25, 0.3) is 0 Å². The molecule has 1 N–H and O–H groups in total. The highest BCUT2D eigenvalue weighted by Gasteiger charge is 2.31. The number of anilines is 1. The maximum Gasteiger partial charge on any atom is 0.416 e. The third-order valence-electron chi connectivity index (χ3n) is 2.72. The lowest BCUT2D eigenvalue weighted by Crippen LogP contribution is -2.10. The quantitative estimate of drug-likeness (QED) is 0.829. The van der Waals surface area contributed by atoms with Gasteiger partial charge in [-0.2, -0.15) is 13.2 Å². The molecule has 1 atom stereocenters. The number of aliphatic imine (C=N–C) groups is 1. The minimum Gasteiger partial charge on any atom is -0.333 e. The molecule has 19 heavy (non-hydrogen) atoms. The molecule has 2 rings (SSSR count). The van der Waals surface area contributed by atoms with Gasteiger partial charge in [-0.05, 0) is 24.6 Å². The Bertz CT molecular complexity index is 499. The van der Waals surface area contributed by atoms with E-state index in [1.165, 1.54) is 11.8 Å². The molecule has 0 aliphatic carbocycles. The first-order valence-corrected chi connectivity index (χ1v) is 6.73. The number of amidine groups is 1. The van der Waals surface area contributed by atoms with Gasteiger partial charge in [0, 0.05) is 5.75 Å². The van der Waals surface area contributed by atoms with Gasteiger partial charge in [0.1, 0.15) is 5.82 Å². The van der Waals surface area contributed by atoms with E-state index in [2.05, 4.69) is 10.3 Å². The Kier molecular flexibility index (Phi) is 4.03. The molecule has 0 amide bonds. The van der Waals surface area contributed by atoms with Crippen molar-refractivity contribution in [3.8, 4) is 0 Å². The molecule has 1 aromatic carbocycles. The summed E-state index contributed by atoms with van der Waals surface area (Å²) in [5, 5.41) is 3.09. The average molecular weight is 292 g/mol. The fraction of sp³-hybridized carbons (Fsp3) is 0.417. The minimum atomic E-state index is -4.49. The number of nitrogens with zero attached hydrogens (tertiary/aromatic N) is 1. The summed E-state index contributed by atoms with van der Waals surface area (Å²) in [5.74, 6) is 0.0376. The van der Waals surface area contributed by atoms with Crippen molar-refractivity contribution in [2.75, 3.05) is 11.1 Å². The van der Waals surface area contributed by atoms with E-state index in [-0.39, 0.29) is 11.7 Å². The second-order valence-electron chi connectivity index (χ2n) is 4.12. The van der Waals surface area contributed by atoms with Crippen molar-refractivity contribution in [2.24, 2.45) is 4.99 Å². The van der Waals surface area contributed by atoms with Gasteiger partial charge in [-0.25, -0.2) is 4.39 Å². The summed E-state index contributed by atoms with van der Waals surface area (Å²) < 4.78 is 51.1. The lowest BCUT2D eigenvalue weighted by molar-refractivity contribution is -0.137. The van der Waals surface area contributed by atoms with Gasteiger partial charge in [-0.1, -0.05) is 18.7 Å². The van der Waals surface area contributed by atoms with Gasteiger partial charge < -0.3 is 5.32 Å². The molecule has 0 aromatic heterocycles. The molecule has 0 bridgehead atoms. The molecule has 7 heteroatoms. The van der Waals surface area contributed by atoms with Crippen LogP contribution < -0.4 is 5.32 Å². The van der Waals surface area contributed by atoms with Crippen molar-refractivity contribution in [3.05, 3.63) is 29.6 Å². The average Bonchev–Trinajstić information content (AvgIpc) is 2.78. The van der Waals surface area contributed by atoms with Gasteiger partial charge in [-0.15, -0.1) is 0 Å². The van der Waals surface area contributed by atoms with E-state index in [4.69, 9.17) is 0 Å². The largest absolute Gasteiger partial charge is 0.416 e. The van der Waals surface area contributed by atoms with Crippen LogP contribution in [0.2, 0.25) is 0 Å². The minimum absolute atomic E-state index is 0.140. The van der Waals surface area contributed by atoms with Crippen molar-refractivity contribution in [1.29, 1.82) is 0 Å². The Balaban J connectivity index is 2.21. The summed E-state index contributed by atoms with van der Waals surface area (Å²) in [5.41, 5.74) is -1.08. The first-order valence-electron chi connectivity index (χ1n) is 5.74. The molecule has 0 fully saturated rings. The summed E-state index contributed by atoms with van der Waals surface area (Å²) in [6, 6.07) is 2.43. The van der Waals surface area contributed by atoms with Crippen LogP contribution in [-0.4, -0.2) is 17.0 Å². The van der Waals surface area contributed by atoms with Crippen LogP contribution in [0.5, 0.6) is 0 Å². The predicted molar refractivity (Wildman–Crippen MR) is 69.0 cm³/mol. The molecule has 0 radical (unpaired) electrons. The van der Waals surface area contributed by atoms with E-state index in [0.29, 0.717) is 5.17 Å². The molecule has 0 saturated carbocycles. The van der Waals surface area contributed by atoms with Crippen LogP contribution >= 0.6 is 11.8 Å². The fourth-order valence-electron chi connectivity index (χ4n) is 1.61. The summed E-state index contributed by atoms with van der Waals surface area (Å²) in [4.78, 5) is 4.26. The Morgan fingerprint density at radius 3 is 2.74 bits per heavy atom. The second-order valence-corrected chi connectivity index (χ2v) is 5.13. The van der Waals surface area contributed by atoms with Gasteiger partial charge in [0.25, 0.3) is 0 Å². The molecular formula is C12H12F4N2S. The van der Waals surface area contributed by atoms with Crippen molar-refractivity contribution < 1.29 is 17.6 Å². The Morgan fingerprint density at radius 2 is 2.16 bits per heavy atom. The van der Waals surface area contributed by atoms with Crippen LogP contribution in [0.1, 0.15) is 18.9 Å². The zero-order valence-corrected chi connectivity index (χ0v) is 10.9. The van der Waals surface area contributed by atoms with Crippen LogP contribution in [0, 0.1) is 5.82 Å². The van der Waals surface area contributed by atoms with Crippen LogP contribution in [0.3, 0.4) is 0 Å². The van der Waals surface area contributed by atoms with Gasteiger partial charge in [0.2, 0.25) is 0 Å². The van der Waals surface area contributed by atoms with Crippen molar-refractivity contribution >= 4 is 22.6 Å². The van der Waals surface area contributed by atoms with Crippen LogP contribution in [0.4, 0.5) is 23.2 Å². The van der Waals surface area contributed by atoms with E-state index < -0.39 is 17.6 Å². The predicted octanol–water partition coefficient (Wildman–Crippen LogP) is 4.14. The molecule has 104 valence electrons. The smallest absolute Gasteiger partial charge is 0.333 e. The maximum absolute atomic E-state index is 13.5. The lowest BCUT2D eigenvalue weighted by Gasteiger charge is -2.11. The molecule has 1 unspecified atom stereocenters. The second kappa shape index (κ2) is 5.40. The molecule has 2 nitrogen and oxygen atoms in total. The fourth-order valence-corrected chi connectivity index (χ4v) is 2.67. The van der Waals surface area contributed by atoms with Gasteiger partial charge in [0.15, 0.2) is 5.17 Å². The molecule has 1 aromatic rings. The summed E-state index contributed by atoms with van der Waals surface area (Å²) in [7, 11) is 0. The van der Waals surface area contributed by atoms with Crippen molar-refractivity contribution in [2.45, 2.75) is 25.6 Å². The molecule has 0 spiro atoms. The Labute approximate surface area is 112 Å². The Morgan fingerprint density at radius 1 is 1.42 bits per heavy atom. The SMILES string of the molecule is CCC1CSC(Nc2cc(C(F)(F)F)ccc2F)=N1. The van der Waals surface area contributed by atoms with Crippen molar-refractivity contribution in [3.63, 3.8) is 0 Å². The number of thioether (sulfide) groups is 1. The first kappa shape index (κ1) is 14.2. The number of hydrogen-bond donors (Lipinski definition) is 1. The van der Waals surface area contributed by atoms with E-state index in [1.54, 1.807) is 0 Å². The number of halogens is 4. The van der Waals surface area contributed by atoms with Crippen molar-refractivity contribution in [1.82, 2.24) is 0 Å². The van der Waals surface area contributed by atoms with Gasteiger partial charge >= 0.3 is 6.18 Å². The highest BCUT2D eigenvalue weighted by Crippen LogP contribution is 2.32. The third kappa shape index (κ3) is 3.40. The maximum atomic E-state index is 13.5. The number of alkyl halides is 3. The van der Waals surface area contributed by atoms with Crippen LogP contribution in [0.15, 0.2) is 23.2 Å². The topological polar surface area (TPSA) is 24.4 Å². The van der Waals surface area contributed by atoms with E-state index in [9.17, 15) is 17.6 Å². The zero-order chi connectivity index (χ0) is 14.0. The lowest BCUT2D eigenvalue weighted by atomic mass is 10.2. The van der Waals surface area contributed by atoms with E-state index >= 15 is 0 Å². The van der Waals surface area contributed by atoms with Gasteiger partial charge in [-0.3, -0.25) is 4.99 Å². The summed E-state index contributed by atoms with van der Waals surface area (Å²) >= 11 is 1.38. The third-order valence-corrected chi connectivity index (χ3v) is 3.75. The highest BCUT2D eigenvalue weighted by molar-refractivity contribution is 8.14. The Hall–Kier alpha value is -1.24. The number of hydrogen-bond acceptors (Lipinski definition) is 3. The molecular weight excluding hydrogens is 280 g/mol.